The molecule has 0 bridgehead atoms. The van der Waals surface area contributed by atoms with Crippen molar-refractivity contribution in [3.8, 4) is 11.8 Å². The van der Waals surface area contributed by atoms with Crippen molar-refractivity contribution in [2.45, 2.75) is 13.8 Å². The first kappa shape index (κ1) is 7.81. The molecule has 2 rings (SSSR count). The standard InChI is InChI=1S/C10H9N3/c1-3-4-9-10-12-8(2)7-13(10)6-5-11-9/h5-7H,1-2H3. The second kappa shape index (κ2) is 2.91. The molecule has 3 nitrogen and oxygen atoms in total. The van der Waals surface area contributed by atoms with Gasteiger partial charge in [-0.3, -0.25) is 0 Å². The molecule has 3 heteroatoms. The van der Waals surface area contributed by atoms with Crippen molar-refractivity contribution < 1.29 is 0 Å². The highest BCUT2D eigenvalue weighted by Gasteiger charge is 2.01. The van der Waals surface area contributed by atoms with E-state index < -0.39 is 0 Å². The first-order valence-corrected chi connectivity index (χ1v) is 4.04. The van der Waals surface area contributed by atoms with E-state index in [4.69, 9.17) is 0 Å². The minimum atomic E-state index is 0.734. The maximum atomic E-state index is 4.33. The molecule has 0 aliphatic rings. The van der Waals surface area contributed by atoms with E-state index in [-0.39, 0.29) is 0 Å². The smallest absolute Gasteiger partial charge is 0.171 e. The summed E-state index contributed by atoms with van der Waals surface area (Å²) in [6.07, 6.45) is 5.56. The molecule has 0 saturated heterocycles. The van der Waals surface area contributed by atoms with Gasteiger partial charge in [0, 0.05) is 18.6 Å². The van der Waals surface area contributed by atoms with Crippen LogP contribution in [0.5, 0.6) is 0 Å². The number of hydrogen-bond acceptors (Lipinski definition) is 2. The van der Waals surface area contributed by atoms with Crippen LogP contribution >= 0.6 is 0 Å². The van der Waals surface area contributed by atoms with Gasteiger partial charge in [-0.05, 0) is 19.8 Å². The molecule has 0 spiro atoms. The Bertz CT molecular complexity index is 500. The van der Waals surface area contributed by atoms with Crippen LogP contribution in [0.3, 0.4) is 0 Å². The van der Waals surface area contributed by atoms with Gasteiger partial charge in [-0.1, -0.05) is 5.92 Å². The van der Waals surface area contributed by atoms with Crippen LogP contribution in [0.4, 0.5) is 0 Å². The quantitative estimate of drug-likeness (QED) is 0.561. The SMILES string of the molecule is CC#Cc1nccn2cc(C)nc12. The molecule has 0 N–H and O–H groups in total. The van der Waals surface area contributed by atoms with E-state index >= 15 is 0 Å². The fourth-order valence-corrected chi connectivity index (χ4v) is 1.25. The van der Waals surface area contributed by atoms with Gasteiger partial charge in [0.1, 0.15) is 0 Å². The summed E-state index contributed by atoms with van der Waals surface area (Å²) >= 11 is 0. The van der Waals surface area contributed by atoms with Crippen molar-refractivity contribution in [2.75, 3.05) is 0 Å². The first-order chi connectivity index (χ1) is 6.31. The number of aromatic nitrogens is 3. The van der Waals surface area contributed by atoms with E-state index in [1.165, 1.54) is 0 Å². The van der Waals surface area contributed by atoms with Crippen molar-refractivity contribution in [3.63, 3.8) is 0 Å². The summed E-state index contributed by atoms with van der Waals surface area (Å²) in [6.45, 7) is 3.75. The van der Waals surface area contributed by atoms with Crippen LogP contribution in [-0.2, 0) is 0 Å². The molecular weight excluding hydrogens is 162 g/mol. The second-order valence-corrected chi connectivity index (χ2v) is 2.76. The molecule has 0 saturated carbocycles. The van der Waals surface area contributed by atoms with Gasteiger partial charge >= 0.3 is 0 Å². The molecule has 0 unspecified atom stereocenters. The van der Waals surface area contributed by atoms with E-state index in [0.29, 0.717) is 0 Å². The van der Waals surface area contributed by atoms with Gasteiger partial charge in [0.15, 0.2) is 11.3 Å². The summed E-state index contributed by atoms with van der Waals surface area (Å²) in [4.78, 5) is 8.48. The Labute approximate surface area is 76.4 Å². The maximum Gasteiger partial charge on any atom is 0.171 e. The van der Waals surface area contributed by atoms with Crippen LogP contribution in [0, 0.1) is 18.8 Å². The number of rotatable bonds is 0. The van der Waals surface area contributed by atoms with Crippen LogP contribution in [-0.4, -0.2) is 14.4 Å². The van der Waals surface area contributed by atoms with E-state index in [1.807, 2.05) is 23.7 Å². The second-order valence-electron chi connectivity index (χ2n) is 2.76. The molecule has 13 heavy (non-hydrogen) atoms. The molecule has 0 aliphatic heterocycles. The molecule has 0 aliphatic carbocycles. The first-order valence-electron chi connectivity index (χ1n) is 4.04. The van der Waals surface area contributed by atoms with Crippen molar-refractivity contribution in [3.05, 3.63) is 30.0 Å². The normalized spacial score (nSPS) is 9.69. The van der Waals surface area contributed by atoms with Crippen LogP contribution in [0.15, 0.2) is 18.6 Å². The monoisotopic (exact) mass is 171 g/mol. The Morgan fingerprint density at radius 1 is 1.46 bits per heavy atom. The third kappa shape index (κ3) is 1.27. The fraction of sp³-hybridized carbons (Fsp3) is 0.200. The van der Waals surface area contributed by atoms with Gasteiger partial charge in [0.05, 0.1) is 5.69 Å². The summed E-state index contributed by atoms with van der Waals surface area (Å²) < 4.78 is 1.93. The van der Waals surface area contributed by atoms with Crippen molar-refractivity contribution in [2.24, 2.45) is 0 Å². The lowest BCUT2D eigenvalue weighted by molar-refractivity contribution is 1.11. The van der Waals surface area contributed by atoms with Gasteiger partial charge < -0.3 is 4.40 Å². The summed E-state index contributed by atoms with van der Waals surface area (Å²) in [7, 11) is 0. The van der Waals surface area contributed by atoms with Crippen LogP contribution in [0.2, 0.25) is 0 Å². The van der Waals surface area contributed by atoms with Gasteiger partial charge in [-0.2, -0.15) is 0 Å². The van der Waals surface area contributed by atoms with Gasteiger partial charge in [-0.15, -0.1) is 0 Å². The number of fused-ring (bicyclic) bond motifs is 1. The predicted octanol–water partition coefficient (Wildman–Crippen LogP) is 1.41. The zero-order chi connectivity index (χ0) is 9.26. The minimum Gasteiger partial charge on any atom is -0.303 e. The Morgan fingerprint density at radius 3 is 3.08 bits per heavy atom. The molecule has 0 aromatic carbocycles. The zero-order valence-electron chi connectivity index (χ0n) is 7.57. The summed E-state index contributed by atoms with van der Waals surface area (Å²) in [5, 5.41) is 0. The molecular formula is C10H9N3. The number of imidazole rings is 1. The lowest BCUT2D eigenvalue weighted by Crippen LogP contribution is -1.90. The number of nitrogens with zero attached hydrogens (tertiary/aromatic N) is 3. The summed E-state index contributed by atoms with van der Waals surface area (Å²) in [5.74, 6) is 5.74. The lowest BCUT2D eigenvalue weighted by Gasteiger charge is -1.92. The minimum absolute atomic E-state index is 0.734. The highest BCUT2D eigenvalue weighted by atomic mass is 15.0. The average molecular weight is 171 g/mol. The van der Waals surface area contributed by atoms with Gasteiger partial charge in [0.25, 0.3) is 0 Å². The Kier molecular flexibility index (Phi) is 1.75. The number of hydrogen-bond donors (Lipinski definition) is 0. The summed E-state index contributed by atoms with van der Waals surface area (Å²) in [5.41, 5.74) is 2.54. The van der Waals surface area contributed by atoms with E-state index in [9.17, 15) is 0 Å². The molecule has 2 aromatic rings. The highest BCUT2D eigenvalue weighted by Crippen LogP contribution is 2.06. The van der Waals surface area contributed by atoms with E-state index in [1.54, 1.807) is 13.1 Å². The van der Waals surface area contributed by atoms with Gasteiger partial charge in [-0.25, -0.2) is 9.97 Å². The average Bonchev–Trinajstić information content (AvgIpc) is 2.47. The topological polar surface area (TPSA) is 30.2 Å². The van der Waals surface area contributed by atoms with Crippen molar-refractivity contribution in [1.29, 1.82) is 0 Å². The molecule has 64 valence electrons. The Hall–Kier alpha value is -1.82. The lowest BCUT2D eigenvalue weighted by atomic mass is 10.4. The van der Waals surface area contributed by atoms with Crippen LogP contribution < -0.4 is 0 Å². The fourth-order valence-electron chi connectivity index (χ4n) is 1.25. The summed E-state index contributed by atoms with van der Waals surface area (Å²) in [6, 6.07) is 0. The van der Waals surface area contributed by atoms with Crippen LogP contribution in [0.1, 0.15) is 18.3 Å². The van der Waals surface area contributed by atoms with Crippen molar-refractivity contribution in [1.82, 2.24) is 14.4 Å². The molecule has 2 heterocycles. The maximum absolute atomic E-state index is 4.33. The molecule has 0 radical (unpaired) electrons. The largest absolute Gasteiger partial charge is 0.303 e. The Morgan fingerprint density at radius 2 is 2.31 bits per heavy atom. The number of aryl methyl sites for hydroxylation is 1. The zero-order valence-corrected chi connectivity index (χ0v) is 7.57. The van der Waals surface area contributed by atoms with E-state index in [0.717, 1.165) is 17.0 Å². The molecule has 0 atom stereocenters. The highest BCUT2D eigenvalue weighted by molar-refractivity contribution is 5.53. The van der Waals surface area contributed by atoms with E-state index in [2.05, 4.69) is 21.8 Å². The molecule has 2 aromatic heterocycles. The third-order valence-electron chi connectivity index (χ3n) is 1.74. The van der Waals surface area contributed by atoms with Crippen molar-refractivity contribution >= 4 is 5.65 Å². The van der Waals surface area contributed by atoms with Crippen LogP contribution in [0.25, 0.3) is 5.65 Å². The molecule has 0 amide bonds. The van der Waals surface area contributed by atoms with Gasteiger partial charge in [0.2, 0.25) is 0 Å². The Balaban J connectivity index is 2.79. The third-order valence-corrected chi connectivity index (χ3v) is 1.74. The predicted molar refractivity (Wildman–Crippen MR) is 50.3 cm³/mol. The molecule has 0 fully saturated rings.